The Balaban J connectivity index is 2.33. The van der Waals surface area contributed by atoms with Crippen LogP contribution in [0.2, 0.25) is 0 Å². The van der Waals surface area contributed by atoms with Crippen molar-refractivity contribution in [3.8, 4) is 0 Å². The third-order valence-corrected chi connectivity index (χ3v) is 3.70. The Hall–Kier alpha value is 0.690. The molecule has 1 fully saturated rings. The van der Waals surface area contributed by atoms with E-state index in [0.29, 0.717) is 6.10 Å². The fourth-order valence-corrected chi connectivity index (χ4v) is 2.87. The van der Waals surface area contributed by atoms with Gasteiger partial charge in [-0.1, -0.05) is 33.1 Å². The van der Waals surface area contributed by atoms with E-state index in [9.17, 15) is 0 Å². The minimum absolute atomic E-state index is 0.524. The third kappa shape index (κ3) is 2.87. The zero-order valence-electron chi connectivity index (χ0n) is 8.05. The molecule has 72 valence electrons. The molecule has 0 aromatic carbocycles. The quantitative estimate of drug-likeness (QED) is 0.712. The van der Waals surface area contributed by atoms with Gasteiger partial charge < -0.3 is 3.07 Å². The first-order valence-electron chi connectivity index (χ1n) is 5.05. The summed E-state index contributed by atoms with van der Waals surface area (Å²) in [5.41, 5.74) is 0. The number of rotatable bonds is 3. The molecular weight excluding hydrogens is 263 g/mol. The number of hydrogen-bond donors (Lipinski definition) is 0. The van der Waals surface area contributed by atoms with Gasteiger partial charge in [0.05, 0.1) is 6.10 Å². The van der Waals surface area contributed by atoms with Crippen molar-refractivity contribution in [3.05, 3.63) is 0 Å². The van der Waals surface area contributed by atoms with Crippen LogP contribution in [0.1, 0.15) is 46.0 Å². The first kappa shape index (κ1) is 10.8. The van der Waals surface area contributed by atoms with E-state index in [1.54, 1.807) is 0 Å². The monoisotopic (exact) mass is 282 g/mol. The van der Waals surface area contributed by atoms with Crippen LogP contribution in [0.4, 0.5) is 0 Å². The third-order valence-electron chi connectivity index (χ3n) is 3.04. The second kappa shape index (κ2) is 5.43. The molecule has 1 aliphatic rings. The lowest BCUT2D eigenvalue weighted by molar-refractivity contribution is 0.110. The lowest BCUT2D eigenvalue weighted by Gasteiger charge is -2.32. The molecule has 0 heterocycles. The van der Waals surface area contributed by atoms with Crippen LogP contribution in [0.3, 0.4) is 0 Å². The van der Waals surface area contributed by atoms with Gasteiger partial charge in [-0.05, 0) is 24.7 Å². The highest BCUT2D eigenvalue weighted by molar-refractivity contribution is 14.1. The number of halogens is 1. The van der Waals surface area contributed by atoms with E-state index in [0.717, 1.165) is 11.8 Å². The molecule has 1 nitrogen and oxygen atoms in total. The van der Waals surface area contributed by atoms with E-state index in [4.69, 9.17) is 3.07 Å². The highest BCUT2D eigenvalue weighted by atomic mass is 127. The Morgan fingerprint density at radius 2 is 2.17 bits per heavy atom. The van der Waals surface area contributed by atoms with Crippen molar-refractivity contribution >= 4 is 23.0 Å². The smallest absolute Gasteiger partial charge is 0.110 e. The van der Waals surface area contributed by atoms with Crippen molar-refractivity contribution in [1.82, 2.24) is 0 Å². The molecule has 0 spiro atoms. The van der Waals surface area contributed by atoms with Crippen LogP contribution in [0.15, 0.2) is 0 Å². The van der Waals surface area contributed by atoms with Crippen molar-refractivity contribution < 1.29 is 3.07 Å². The molecule has 0 radical (unpaired) electrons. The lowest BCUT2D eigenvalue weighted by atomic mass is 9.79. The summed E-state index contributed by atoms with van der Waals surface area (Å²) in [6.45, 7) is 4.59. The predicted octanol–water partition coefficient (Wildman–Crippen LogP) is 3.96. The molecule has 0 bridgehead atoms. The van der Waals surface area contributed by atoms with Gasteiger partial charge in [0.1, 0.15) is 23.0 Å². The van der Waals surface area contributed by atoms with Gasteiger partial charge in [0, 0.05) is 0 Å². The average Bonchev–Trinajstić information content (AvgIpc) is 2.09. The maximum Gasteiger partial charge on any atom is 0.110 e. The second-order valence-corrected chi connectivity index (χ2v) is 4.58. The normalized spacial score (nSPS) is 36.8. The molecule has 1 saturated carbocycles. The Bertz CT molecular complexity index is 127. The fraction of sp³-hybridized carbons (Fsp3) is 1.00. The van der Waals surface area contributed by atoms with E-state index >= 15 is 0 Å². The highest BCUT2D eigenvalue weighted by Crippen LogP contribution is 2.34. The fourth-order valence-electron chi connectivity index (χ4n) is 2.16. The van der Waals surface area contributed by atoms with Gasteiger partial charge in [-0.3, -0.25) is 0 Å². The van der Waals surface area contributed by atoms with E-state index in [2.05, 4.69) is 36.9 Å². The Morgan fingerprint density at radius 1 is 1.42 bits per heavy atom. The zero-order chi connectivity index (χ0) is 8.97. The molecule has 0 aliphatic heterocycles. The molecule has 3 atom stereocenters. The summed E-state index contributed by atoms with van der Waals surface area (Å²) in [7, 11) is 0. The van der Waals surface area contributed by atoms with Crippen LogP contribution in [-0.2, 0) is 3.07 Å². The van der Waals surface area contributed by atoms with Crippen LogP contribution in [0.25, 0.3) is 0 Å². The molecule has 0 N–H and O–H groups in total. The molecular formula is C10H19IO. The van der Waals surface area contributed by atoms with Crippen LogP contribution >= 0.6 is 23.0 Å². The molecule has 2 heteroatoms. The first-order chi connectivity index (χ1) is 5.77. The molecule has 0 amide bonds. The summed E-state index contributed by atoms with van der Waals surface area (Å²) in [5, 5.41) is 0. The van der Waals surface area contributed by atoms with Crippen LogP contribution < -0.4 is 0 Å². The van der Waals surface area contributed by atoms with Crippen molar-refractivity contribution in [1.29, 1.82) is 0 Å². The van der Waals surface area contributed by atoms with E-state index in [1.807, 2.05) is 0 Å². The predicted molar refractivity (Wildman–Crippen MR) is 60.3 cm³/mol. The van der Waals surface area contributed by atoms with Gasteiger partial charge in [0.25, 0.3) is 0 Å². The maximum atomic E-state index is 5.45. The number of hydrogen-bond acceptors (Lipinski definition) is 1. The Morgan fingerprint density at radius 3 is 2.75 bits per heavy atom. The van der Waals surface area contributed by atoms with Gasteiger partial charge in [-0.25, -0.2) is 0 Å². The van der Waals surface area contributed by atoms with Crippen molar-refractivity contribution in [2.24, 2.45) is 11.8 Å². The Kier molecular flexibility index (Phi) is 4.87. The summed E-state index contributed by atoms with van der Waals surface area (Å²) in [6.07, 6.45) is 7.31. The molecule has 3 unspecified atom stereocenters. The summed E-state index contributed by atoms with van der Waals surface area (Å²) < 4.78 is 5.45. The van der Waals surface area contributed by atoms with Crippen molar-refractivity contribution in [2.75, 3.05) is 0 Å². The molecule has 0 aromatic heterocycles. The average molecular weight is 282 g/mol. The topological polar surface area (TPSA) is 9.23 Å². The van der Waals surface area contributed by atoms with E-state index in [1.165, 1.54) is 32.1 Å². The van der Waals surface area contributed by atoms with Crippen LogP contribution in [-0.4, -0.2) is 6.10 Å². The summed E-state index contributed by atoms with van der Waals surface area (Å²) in [4.78, 5) is 0. The summed E-state index contributed by atoms with van der Waals surface area (Å²) in [6, 6.07) is 0. The van der Waals surface area contributed by atoms with Crippen LogP contribution in [0, 0.1) is 11.8 Å². The van der Waals surface area contributed by atoms with Crippen molar-refractivity contribution in [3.63, 3.8) is 0 Å². The molecule has 0 saturated heterocycles. The van der Waals surface area contributed by atoms with E-state index < -0.39 is 0 Å². The first-order valence-corrected chi connectivity index (χ1v) is 5.93. The van der Waals surface area contributed by atoms with Crippen LogP contribution in [0.5, 0.6) is 0 Å². The van der Waals surface area contributed by atoms with Crippen molar-refractivity contribution in [2.45, 2.75) is 52.1 Å². The largest absolute Gasteiger partial charge is 0.312 e. The Labute approximate surface area is 89.9 Å². The van der Waals surface area contributed by atoms with Gasteiger partial charge >= 0.3 is 0 Å². The minimum Gasteiger partial charge on any atom is -0.312 e. The van der Waals surface area contributed by atoms with Gasteiger partial charge in [-0.2, -0.15) is 0 Å². The highest BCUT2D eigenvalue weighted by Gasteiger charge is 2.27. The second-order valence-electron chi connectivity index (χ2n) is 4.07. The van der Waals surface area contributed by atoms with Gasteiger partial charge in [-0.15, -0.1) is 0 Å². The SMILES string of the molecule is CCCC1CCC(C)C(OI)C1. The molecule has 1 rings (SSSR count). The molecule has 1 aliphatic carbocycles. The van der Waals surface area contributed by atoms with Gasteiger partial charge in [0.2, 0.25) is 0 Å². The summed E-state index contributed by atoms with van der Waals surface area (Å²) >= 11 is 2.06. The van der Waals surface area contributed by atoms with E-state index in [-0.39, 0.29) is 0 Å². The lowest BCUT2D eigenvalue weighted by Crippen LogP contribution is -2.27. The molecule has 0 aromatic rings. The summed E-state index contributed by atoms with van der Waals surface area (Å²) in [5.74, 6) is 1.71. The van der Waals surface area contributed by atoms with Gasteiger partial charge in [0.15, 0.2) is 0 Å². The standard InChI is InChI=1S/C10H19IO/c1-3-4-9-6-5-8(2)10(7-9)12-11/h8-10H,3-7H2,1-2H3. The minimum atomic E-state index is 0.524. The molecule has 12 heavy (non-hydrogen) atoms. The maximum absolute atomic E-state index is 5.45. The zero-order valence-corrected chi connectivity index (χ0v) is 10.2.